The minimum Gasteiger partial charge on any atom is -0.497 e. The molecule has 3 aromatic rings. The Balaban J connectivity index is 1.41. The smallest absolute Gasteiger partial charge is 0.410 e. The van der Waals surface area contributed by atoms with Crippen LogP contribution in [-0.2, 0) is 40.4 Å². The molecule has 1 aromatic heterocycles. The van der Waals surface area contributed by atoms with Gasteiger partial charge in [-0.15, -0.1) is 0 Å². The van der Waals surface area contributed by atoms with Crippen molar-refractivity contribution in [1.29, 1.82) is 0 Å². The van der Waals surface area contributed by atoms with Gasteiger partial charge in [0.15, 0.2) is 0 Å². The fourth-order valence-electron chi connectivity index (χ4n) is 5.42. The number of imide groups is 1. The predicted octanol–water partition coefficient (Wildman–Crippen LogP) is 4.82. The van der Waals surface area contributed by atoms with Crippen molar-refractivity contribution in [2.24, 2.45) is 0 Å². The van der Waals surface area contributed by atoms with Gasteiger partial charge < -0.3 is 23.5 Å². The van der Waals surface area contributed by atoms with E-state index in [2.05, 4.69) is 0 Å². The number of ether oxygens (including phenoxy) is 4. The van der Waals surface area contributed by atoms with E-state index in [1.54, 1.807) is 48.4 Å². The van der Waals surface area contributed by atoms with Crippen molar-refractivity contribution in [2.45, 2.75) is 59.0 Å². The van der Waals surface area contributed by atoms with Gasteiger partial charge in [0, 0.05) is 56.9 Å². The summed E-state index contributed by atoms with van der Waals surface area (Å²) in [5.41, 5.74) is 3.01. The summed E-state index contributed by atoms with van der Waals surface area (Å²) >= 11 is 0. The Labute approximate surface area is 257 Å². The van der Waals surface area contributed by atoms with Crippen molar-refractivity contribution >= 4 is 23.8 Å². The number of amides is 4. The first-order chi connectivity index (χ1) is 21.0. The van der Waals surface area contributed by atoms with Crippen LogP contribution in [0.2, 0.25) is 0 Å². The van der Waals surface area contributed by atoms with Crippen LogP contribution in [0.4, 0.5) is 15.4 Å². The molecule has 0 atom stereocenters. The summed E-state index contributed by atoms with van der Waals surface area (Å²) in [7, 11) is 4.71. The molecule has 1 saturated heterocycles. The highest BCUT2D eigenvalue weighted by Crippen LogP contribution is 2.33. The van der Waals surface area contributed by atoms with E-state index >= 15 is 0 Å². The molecule has 12 heteroatoms. The summed E-state index contributed by atoms with van der Waals surface area (Å²) in [6.07, 6.45) is 1.47. The van der Waals surface area contributed by atoms with E-state index in [9.17, 15) is 14.4 Å². The van der Waals surface area contributed by atoms with E-state index in [1.165, 1.54) is 12.0 Å². The van der Waals surface area contributed by atoms with Gasteiger partial charge in [-0.25, -0.2) is 14.6 Å². The molecule has 0 spiro atoms. The van der Waals surface area contributed by atoms with Crippen molar-refractivity contribution in [3.63, 3.8) is 0 Å². The average Bonchev–Trinajstić information content (AvgIpc) is 3.61. The topological polar surface area (TPSA) is 116 Å². The highest BCUT2D eigenvalue weighted by atomic mass is 16.6. The molecule has 0 bridgehead atoms. The maximum absolute atomic E-state index is 13.8. The Morgan fingerprint density at radius 3 is 2.45 bits per heavy atom. The van der Waals surface area contributed by atoms with Crippen LogP contribution in [0.5, 0.6) is 11.5 Å². The second-order valence-corrected chi connectivity index (χ2v) is 11.7. The molecule has 2 aliphatic heterocycles. The molecule has 234 valence electrons. The Morgan fingerprint density at radius 1 is 0.977 bits per heavy atom. The Kier molecular flexibility index (Phi) is 8.82. The molecule has 2 aromatic carbocycles. The normalized spacial score (nSPS) is 15.1. The van der Waals surface area contributed by atoms with Crippen LogP contribution in [0.25, 0.3) is 11.4 Å². The number of urea groups is 1. The van der Waals surface area contributed by atoms with E-state index in [0.29, 0.717) is 54.9 Å². The van der Waals surface area contributed by atoms with Crippen molar-refractivity contribution in [3.8, 4) is 22.9 Å². The third-order valence-corrected chi connectivity index (χ3v) is 7.60. The van der Waals surface area contributed by atoms with Crippen LogP contribution >= 0.6 is 0 Å². The third-order valence-electron chi connectivity index (χ3n) is 7.60. The van der Waals surface area contributed by atoms with Crippen LogP contribution in [0.1, 0.15) is 43.9 Å². The van der Waals surface area contributed by atoms with Gasteiger partial charge in [-0.2, -0.15) is 0 Å². The molecule has 4 amide bonds. The van der Waals surface area contributed by atoms with Crippen molar-refractivity contribution in [3.05, 3.63) is 59.3 Å². The number of fused-ring (bicyclic) bond motifs is 1. The third kappa shape index (κ3) is 6.35. The number of nitrogens with zero attached hydrogens (tertiary/aromatic N) is 5. The molecule has 0 saturated carbocycles. The number of carbonyl (C=O) groups is 3. The van der Waals surface area contributed by atoms with Crippen molar-refractivity contribution < 1.29 is 33.3 Å². The molecular weight excluding hydrogens is 566 g/mol. The van der Waals surface area contributed by atoms with Gasteiger partial charge in [-0.1, -0.05) is 12.1 Å². The second-order valence-electron chi connectivity index (χ2n) is 11.7. The SMILES string of the molecule is COCCn1c(N2CCC(=O)N(Cc3ccc(OC)cc3OC)C2=O)cnc1-c1ccc2c(c1)CN(C(=O)OC(C)(C)C)C2. The van der Waals surface area contributed by atoms with Gasteiger partial charge in [0.2, 0.25) is 5.91 Å². The molecular formula is C32H39N5O7. The fourth-order valence-corrected chi connectivity index (χ4v) is 5.42. The predicted molar refractivity (Wildman–Crippen MR) is 162 cm³/mol. The van der Waals surface area contributed by atoms with Gasteiger partial charge >= 0.3 is 12.1 Å². The lowest BCUT2D eigenvalue weighted by Crippen LogP contribution is -2.52. The quantitative estimate of drug-likeness (QED) is 0.341. The molecule has 12 nitrogen and oxygen atoms in total. The first-order valence-electron chi connectivity index (χ1n) is 14.5. The molecule has 0 unspecified atom stereocenters. The zero-order valence-corrected chi connectivity index (χ0v) is 26.1. The maximum Gasteiger partial charge on any atom is 0.410 e. The zero-order valence-electron chi connectivity index (χ0n) is 26.1. The molecule has 2 aliphatic rings. The highest BCUT2D eigenvalue weighted by Gasteiger charge is 2.36. The molecule has 3 heterocycles. The number of rotatable bonds is 9. The second kappa shape index (κ2) is 12.6. The summed E-state index contributed by atoms with van der Waals surface area (Å²) in [6.45, 7) is 7.55. The van der Waals surface area contributed by atoms with Gasteiger partial charge in [0.25, 0.3) is 0 Å². The van der Waals surface area contributed by atoms with Crippen LogP contribution in [-0.4, -0.2) is 77.5 Å². The summed E-state index contributed by atoms with van der Waals surface area (Å²) < 4.78 is 23.7. The molecule has 0 N–H and O–H groups in total. The van der Waals surface area contributed by atoms with Crippen molar-refractivity contribution in [1.82, 2.24) is 19.4 Å². The zero-order chi connectivity index (χ0) is 31.6. The number of carbonyl (C=O) groups excluding carboxylic acids is 3. The Bertz CT molecular complexity index is 1560. The van der Waals surface area contributed by atoms with Gasteiger partial charge in [0.05, 0.1) is 33.6 Å². The molecule has 0 aliphatic carbocycles. The van der Waals surface area contributed by atoms with E-state index in [0.717, 1.165) is 16.7 Å². The van der Waals surface area contributed by atoms with Crippen molar-refractivity contribution in [2.75, 3.05) is 39.4 Å². The van der Waals surface area contributed by atoms with Crippen LogP contribution in [0, 0.1) is 0 Å². The molecule has 0 radical (unpaired) electrons. The highest BCUT2D eigenvalue weighted by molar-refractivity contribution is 6.05. The molecule has 44 heavy (non-hydrogen) atoms. The van der Waals surface area contributed by atoms with Crippen LogP contribution < -0.4 is 14.4 Å². The first kappa shape index (κ1) is 30.9. The standard InChI is InChI=1S/C32H39N5O7/c1-32(2,3)44-31(40)34-18-22-8-7-21(15-24(22)19-34)29-33-17-27(35(29)13-14-41-4)36-12-11-28(38)37(30(36)39)20-23-9-10-25(42-5)16-26(23)43-6/h7-10,15-17H,11-14,18-20H2,1-6H3. The van der Waals surface area contributed by atoms with E-state index < -0.39 is 11.6 Å². The lowest BCUT2D eigenvalue weighted by molar-refractivity contribution is -0.129. The monoisotopic (exact) mass is 605 g/mol. The number of hydrogen-bond acceptors (Lipinski definition) is 8. The maximum atomic E-state index is 13.8. The Hall–Kier alpha value is -4.58. The number of benzene rings is 2. The summed E-state index contributed by atoms with van der Waals surface area (Å²) in [6, 6.07) is 10.8. The first-order valence-corrected chi connectivity index (χ1v) is 14.5. The van der Waals surface area contributed by atoms with Crippen LogP contribution in [0.3, 0.4) is 0 Å². The summed E-state index contributed by atoms with van der Waals surface area (Å²) in [5, 5.41) is 0. The molecule has 5 rings (SSSR count). The average molecular weight is 606 g/mol. The summed E-state index contributed by atoms with van der Waals surface area (Å²) in [5.74, 6) is 2.10. The van der Waals surface area contributed by atoms with E-state index in [-0.39, 0.29) is 31.5 Å². The lowest BCUT2D eigenvalue weighted by atomic mass is 10.1. The van der Waals surface area contributed by atoms with E-state index in [1.807, 2.05) is 43.5 Å². The number of aromatic nitrogens is 2. The lowest BCUT2D eigenvalue weighted by Gasteiger charge is -2.34. The van der Waals surface area contributed by atoms with E-state index in [4.69, 9.17) is 23.9 Å². The van der Waals surface area contributed by atoms with Gasteiger partial charge in [-0.05, 0) is 50.1 Å². The van der Waals surface area contributed by atoms with Gasteiger partial charge in [-0.3, -0.25) is 19.5 Å². The number of methoxy groups -OCH3 is 3. The van der Waals surface area contributed by atoms with Gasteiger partial charge in [0.1, 0.15) is 28.7 Å². The Morgan fingerprint density at radius 2 is 1.75 bits per heavy atom. The number of anilines is 1. The minimum absolute atomic E-state index is 0.0549. The fraction of sp³-hybridized carbons (Fsp3) is 0.438. The largest absolute Gasteiger partial charge is 0.497 e. The summed E-state index contributed by atoms with van der Waals surface area (Å²) in [4.78, 5) is 48.7. The number of hydrogen-bond donors (Lipinski definition) is 0. The molecule has 1 fully saturated rings. The number of imidazole rings is 1. The minimum atomic E-state index is -0.577. The van der Waals surface area contributed by atoms with Crippen LogP contribution in [0.15, 0.2) is 42.6 Å².